The minimum atomic E-state index is 0.553. The van der Waals surface area contributed by atoms with E-state index in [1.807, 2.05) is 12.1 Å². The number of nitrogens with zero attached hydrogens (tertiary/aromatic N) is 4. The van der Waals surface area contributed by atoms with Gasteiger partial charge in [0, 0.05) is 6.20 Å². The monoisotopic (exact) mass is 359 g/mol. The van der Waals surface area contributed by atoms with Gasteiger partial charge < -0.3 is 10.1 Å². The van der Waals surface area contributed by atoms with Crippen LogP contribution in [0.15, 0.2) is 67.1 Å². The van der Waals surface area contributed by atoms with Crippen LogP contribution in [-0.4, -0.2) is 32.7 Å². The number of hydrogen-bond acceptors (Lipinski definition) is 5. The first-order valence-corrected chi connectivity index (χ1v) is 8.94. The first-order chi connectivity index (χ1) is 13.3. The highest BCUT2D eigenvalue weighted by atomic mass is 16.5. The molecule has 0 fully saturated rings. The van der Waals surface area contributed by atoms with Gasteiger partial charge in [0.15, 0.2) is 0 Å². The molecule has 4 rings (SSSR count). The van der Waals surface area contributed by atoms with Crippen molar-refractivity contribution in [1.29, 1.82) is 0 Å². The number of hydrogen-bond donors (Lipinski definition) is 1. The van der Waals surface area contributed by atoms with Gasteiger partial charge in [0.25, 0.3) is 5.78 Å². The number of anilines is 1. The second-order valence-corrected chi connectivity index (χ2v) is 6.34. The van der Waals surface area contributed by atoms with E-state index < -0.39 is 0 Å². The Morgan fingerprint density at radius 2 is 1.89 bits per heavy atom. The molecule has 0 aliphatic rings. The van der Waals surface area contributed by atoms with E-state index in [1.165, 1.54) is 17.5 Å². The number of fused-ring (bicyclic) bond motifs is 1. The quantitative estimate of drug-likeness (QED) is 0.512. The summed E-state index contributed by atoms with van der Waals surface area (Å²) in [6.45, 7) is 3.29. The molecule has 4 aromatic rings. The van der Waals surface area contributed by atoms with Crippen LogP contribution < -0.4 is 10.1 Å². The fraction of sp³-hybridized carbons (Fsp3) is 0.190. The average Bonchev–Trinajstić information content (AvgIpc) is 3.17. The van der Waals surface area contributed by atoms with Gasteiger partial charge in [-0.25, -0.2) is 4.98 Å². The number of aryl methyl sites for hydroxylation is 1. The molecule has 2 heterocycles. The standard InChI is InChI=1S/C21H21N5O/c1-16-13-18(14-17-5-3-2-4-6-17)7-8-19(16)27-12-11-22-20-9-10-23-21-24-15-25-26(20)21/h2-10,13,15,22H,11-12,14H2,1H3. The molecule has 2 aromatic carbocycles. The number of aromatic nitrogens is 4. The highest BCUT2D eigenvalue weighted by Crippen LogP contribution is 2.21. The molecule has 1 N–H and O–H groups in total. The van der Waals surface area contributed by atoms with Crippen LogP contribution >= 0.6 is 0 Å². The summed E-state index contributed by atoms with van der Waals surface area (Å²) in [5.74, 6) is 2.33. The molecule has 6 nitrogen and oxygen atoms in total. The van der Waals surface area contributed by atoms with Crippen molar-refractivity contribution in [1.82, 2.24) is 19.6 Å². The first-order valence-electron chi connectivity index (χ1n) is 8.94. The van der Waals surface area contributed by atoms with Crippen molar-refractivity contribution in [3.8, 4) is 5.75 Å². The van der Waals surface area contributed by atoms with E-state index in [0.29, 0.717) is 18.9 Å². The minimum absolute atomic E-state index is 0.553. The van der Waals surface area contributed by atoms with E-state index in [9.17, 15) is 0 Å². The van der Waals surface area contributed by atoms with Crippen molar-refractivity contribution in [2.24, 2.45) is 0 Å². The van der Waals surface area contributed by atoms with Gasteiger partial charge in [0.05, 0.1) is 6.54 Å². The fourth-order valence-electron chi connectivity index (χ4n) is 3.03. The lowest BCUT2D eigenvalue weighted by atomic mass is 10.0. The Labute approximate surface area is 157 Å². The summed E-state index contributed by atoms with van der Waals surface area (Å²) in [6, 6.07) is 18.7. The second kappa shape index (κ2) is 7.86. The molecule has 0 atom stereocenters. The van der Waals surface area contributed by atoms with Crippen LogP contribution in [-0.2, 0) is 6.42 Å². The number of nitrogens with one attached hydrogen (secondary N) is 1. The Balaban J connectivity index is 1.32. The highest BCUT2D eigenvalue weighted by molar-refractivity contribution is 5.42. The van der Waals surface area contributed by atoms with Crippen molar-refractivity contribution in [2.45, 2.75) is 13.3 Å². The van der Waals surface area contributed by atoms with Crippen LogP contribution in [0.4, 0.5) is 5.82 Å². The topological polar surface area (TPSA) is 64.3 Å². The van der Waals surface area contributed by atoms with Crippen LogP contribution in [0.2, 0.25) is 0 Å². The smallest absolute Gasteiger partial charge is 0.254 e. The maximum atomic E-state index is 5.93. The highest BCUT2D eigenvalue weighted by Gasteiger charge is 2.04. The number of rotatable bonds is 7. The van der Waals surface area contributed by atoms with Crippen LogP contribution in [0, 0.1) is 6.92 Å². The van der Waals surface area contributed by atoms with Gasteiger partial charge in [-0.15, -0.1) is 0 Å². The zero-order valence-electron chi connectivity index (χ0n) is 15.2. The third kappa shape index (κ3) is 4.06. The van der Waals surface area contributed by atoms with Crippen LogP contribution in [0.25, 0.3) is 5.78 Å². The molecule has 2 aromatic heterocycles. The third-order valence-corrected chi connectivity index (χ3v) is 4.34. The van der Waals surface area contributed by atoms with Crippen molar-refractivity contribution >= 4 is 11.6 Å². The lowest BCUT2D eigenvalue weighted by Crippen LogP contribution is -2.14. The molecular formula is C21H21N5O. The molecule has 0 aliphatic carbocycles. The van der Waals surface area contributed by atoms with Gasteiger partial charge in [-0.05, 0) is 42.2 Å². The zero-order chi connectivity index (χ0) is 18.5. The maximum absolute atomic E-state index is 5.93. The summed E-state index contributed by atoms with van der Waals surface area (Å²) in [5, 5.41) is 7.46. The normalized spacial score (nSPS) is 10.9. The SMILES string of the molecule is Cc1cc(Cc2ccccc2)ccc1OCCNc1ccnc2ncnn12. The lowest BCUT2D eigenvalue weighted by molar-refractivity contribution is 0.330. The predicted octanol–water partition coefficient (Wildman–Crippen LogP) is 3.51. The van der Waals surface area contributed by atoms with Gasteiger partial charge in [0.2, 0.25) is 0 Å². The van der Waals surface area contributed by atoms with E-state index in [0.717, 1.165) is 23.6 Å². The Bertz CT molecular complexity index is 1030. The summed E-state index contributed by atoms with van der Waals surface area (Å²) in [7, 11) is 0. The maximum Gasteiger partial charge on any atom is 0.254 e. The molecule has 136 valence electrons. The van der Waals surface area contributed by atoms with E-state index >= 15 is 0 Å². The molecule has 0 aliphatic heterocycles. The van der Waals surface area contributed by atoms with E-state index in [2.05, 4.69) is 69.8 Å². The molecule has 0 saturated carbocycles. The minimum Gasteiger partial charge on any atom is -0.491 e. The lowest BCUT2D eigenvalue weighted by Gasteiger charge is -2.12. The van der Waals surface area contributed by atoms with Crippen molar-refractivity contribution in [3.63, 3.8) is 0 Å². The van der Waals surface area contributed by atoms with Crippen molar-refractivity contribution in [2.75, 3.05) is 18.5 Å². The van der Waals surface area contributed by atoms with E-state index in [1.54, 1.807) is 10.7 Å². The second-order valence-electron chi connectivity index (χ2n) is 6.34. The molecule has 0 radical (unpaired) electrons. The zero-order valence-corrected chi connectivity index (χ0v) is 15.2. The Hall–Kier alpha value is -3.41. The Kier molecular flexibility index (Phi) is 4.96. The van der Waals surface area contributed by atoms with Crippen molar-refractivity contribution < 1.29 is 4.74 Å². The van der Waals surface area contributed by atoms with Crippen LogP contribution in [0.1, 0.15) is 16.7 Å². The molecule has 6 heteroatoms. The summed E-state index contributed by atoms with van der Waals surface area (Å²) < 4.78 is 7.60. The Morgan fingerprint density at radius 3 is 2.74 bits per heavy atom. The first kappa shape index (κ1) is 17.0. The van der Waals surface area contributed by atoms with Crippen LogP contribution in [0.3, 0.4) is 0 Å². The fourth-order valence-corrected chi connectivity index (χ4v) is 3.03. The van der Waals surface area contributed by atoms with Gasteiger partial charge in [-0.3, -0.25) is 0 Å². The Morgan fingerprint density at radius 1 is 1.00 bits per heavy atom. The summed E-state index contributed by atoms with van der Waals surface area (Å²) in [6.07, 6.45) is 4.13. The number of ether oxygens (including phenoxy) is 1. The van der Waals surface area contributed by atoms with Gasteiger partial charge >= 0.3 is 0 Å². The summed E-state index contributed by atoms with van der Waals surface area (Å²) >= 11 is 0. The predicted molar refractivity (Wildman–Crippen MR) is 105 cm³/mol. The molecular weight excluding hydrogens is 338 g/mol. The number of benzene rings is 2. The molecule has 0 spiro atoms. The van der Waals surface area contributed by atoms with Gasteiger partial charge in [-0.1, -0.05) is 42.5 Å². The van der Waals surface area contributed by atoms with E-state index in [4.69, 9.17) is 4.74 Å². The largest absolute Gasteiger partial charge is 0.491 e. The van der Waals surface area contributed by atoms with Crippen LogP contribution in [0.5, 0.6) is 5.75 Å². The molecule has 0 unspecified atom stereocenters. The summed E-state index contributed by atoms with van der Waals surface area (Å²) in [4.78, 5) is 8.22. The van der Waals surface area contributed by atoms with Crippen molar-refractivity contribution in [3.05, 3.63) is 83.8 Å². The van der Waals surface area contributed by atoms with E-state index in [-0.39, 0.29) is 0 Å². The summed E-state index contributed by atoms with van der Waals surface area (Å²) in [5.41, 5.74) is 3.74. The van der Waals surface area contributed by atoms with Gasteiger partial charge in [0.1, 0.15) is 24.5 Å². The molecule has 0 saturated heterocycles. The molecule has 0 bridgehead atoms. The van der Waals surface area contributed by atoms with Gasteiger partial charge in [-0.2, -0.15) is 14.6 Å². The third-order valence-electron chi connectivity index (χ3n) is 4.34. The molecule has 0 amide bonds. The average molecular weight is 359 g/mol. The molecule has 27 heavy (non-hydrogen) atoms.